The Labute approximate surface area is 194 Å². The molecule has 1 aromatic heterocycles. The van der Waals surface area contributed by atoms with Crippen molar-refractivity contribution in [1.29, 1.82) is 0 Å². The molecule has 0 radical (unpaired) electrons. The second-order valence-corrected chi connectivity index (χ2v) is 8.06. The third kappa shape index (κ3) is 6.65. The van der Waals surface area contributed by atoms with Crippen molar-refractivity contribution in [2.45, 2.75) is 30.1 Å². The molecule has 3 rings (SSSR count). The highest BCUT2D eigenvalue weighted by molar-refractivity contribution is 7.98. The number of hydrogen-bond acceptors (Lipinski definition) is 7. The van der Waals surface area contributed by atoms with Gasteiger partial charge in [0.25, 0.3) is 0 Å². The summed E-state index contributed by atoms with van der Waals surface area (Å²) in [5.41, 5.74) is -2.63. The lowest BCUT2D eigenvalue weighted by Crippen LogP contribution is -2.34. The molecule has 1 aliphatic heterocycles. The second kappa shape index (κ2) is 10.7. The molecule has 0 unspecified atom stereocenters. The zero-order valence-electron chi connectivity index (χ0n) is 17.7. The summed E-state index contributed by atoms with van der Waals surface area (Å²) < 4.78 is 90.4. The normalized spacial score (nSPS) is 15.1. The topological polar surface area (TPSA) is 85.4 Å². The number of rotatable bonds is 6. The second-order valence-electron chi connectivity index (χ2n) is 7.24. The molecule has 1 aliphatic rings. The number of anilines is 2. The summed E-state index contributed by atoms with van der Waals surface area (Å²) in [7, 11) is 0. The van der Waals surface area contributed by atoms with Gasteiger partial charge in [-0.3, -0.25) is 0 Å². The van der Waals surface area contributed by atoms with E-state index in [1.54, 1.807) is 0 Å². The molecule has 2 heterocycles. The van der Waals surface area contributed by atoms with E-state index >= 15 is 0 Å². The Kier molecular flexibility index (Phi) is 8.13. The molecule has 7 nitrogen and oxygen atoms in total. The lowest BCUT2D eigenvalue weighted by Gasteiger charge is -2.22. The third-order valence-corrected chi connectivity index (χ3v) is 5.72. The van der Waals surface area contributed by atoms with E-state index in [0.29, 0.717) is 32.3 Å². The molecule has 0 bridgehead atoms. The first-order chi connectivity index (χ1) is 16.0. The predicted molar refractivity (Wildman–Crippen MR) is 111 cm³/mol. The molecule has 1 amide bonds. The average molecular weight is 510 g/mol. The van der Waals surface area contributed by atoms with Crippen LogP contribution in [-0.2, 0) is 17.1 Å². The average Bonchev–Trinajstić information content (AvgIpc) is 2.78. The van der Waals surface area contributed by atoms with Crippen molar-refractivity contribution in [2.24, 2.45) is 5.92 Å². The summed E-state index contributed by atoms with van der Waals surface area (Å²) in [6.45, 7) is 1.27. The first kappa shape index (κ1) is 25.9. The van der Waals surface area contributed by atoms with Gasteiger partial charge in [0.15, 0.2) is 11.4 Å². The van der Waals surface area contributed by atoms with E-state index in [4.69, 9.17) is 9.47 Å². The van der Waals surface area contributed by atoms with Gasteiger partial charge in [0, 0.05) is 24.7 Å². The van der Waals surface area contributed by atoms with E-state index in [-0.39, 0.29) is 23.0 Å². The van der Waals surface area contributed by atoms with Gasteiger partial charge in [0.2, 0.25) is 5.95 Å². The Morgan fingerprint density at radius 3 is 2.50 bits per heavy atom. The number of aromatic nitrogens is 2. The quantitative estimate of drug-likeness (QED) is 0.392. The number of alkyl halides is 6. The zero-order valence-corrected chi connectivity index (χ0v) is 18.5. The minimum atomic E-state index is -5.02. The van der Waals surface area contributed by atoms with E-state index in [0.717, 1.165) is 23.9 Å². The Balaban J connectivity index is 1.79. The van der Waals surface area contributed by atoms with Crippen molar-refractivity contribution in [2.75, 3.05) is 31.3 Å². The van der Waals surface area contributed by atoms with E-state index in [2.05, 4.69) is 20.6 Å². The molecule has 0 spiro atoms. The number of nitrogens with zero attached hydrogens (tertiary/aromatic N) is 2. The van der Waals surface area contributed by atoms with Crippen LogP contribution in [0.1, 0.15) is 24.1 Å². The lowest BCUT2D eigenvalue weighted by molar-refractivity contribution is -0.142. The van der Waals surface area contributed by atoms with Crippen LogP contribution >= 0.6 is 11.8 Å². The van der Waals surface area contributed by atoms with E-state index < -0.39 is 41.4 Å². The molecule has 34 heavy (non-hydrogen) atoms. The molecule has 2 N–H and O–H groups in total. The molecule has 2 aromatic rings. The van der Waals surface area contributed by atoms with Gasteiger partial charge in [-0.05, 0) is 37.1 Å². The van der Waals surface area contributed by atoms with Crippen LogP contribution in [0, 0.1) is 5.92 Å². The number of amides is 1. The monoisotopic (exact) mass is 510 g/mol. The van der Waals surface area contributed by atoms with Gasteiger partial charge in [-0.1, -0.05) is 6.07 Å². The Hall–Kier alpha value is -2.74. The van der Waals surface area contributed by atoms with Crippen LogP contribution in [0.15, 0.2) is 29.3 Å². The van der Waals surface area contributed by atoms with Crippen molar-refractivity contribution in [1.82, 2.24) is 15.3 Å². The van der Waals surface area contributed by atoms with Gasteiger partial charge in [-0.2, -0.15) is 26.3 Å². The largest absolute Gasteiger partial charge is 0.437 e. The number of ether oxygens (including phenoxy) is 2. The SMILES string of the molecule is CSc1c(Nc2ncc(OC(=O)NCC3CCOCC3)c(C(F)(F)F)n2)cccc1C(F)(F)F. The highest BCUT2D eigenvalue weighted by Gasteiger charge is 2.38. The fourth-order valence-electron chi connectivity index (χ4n) is 3.22. The summed E-state index contributed by atoms with van der Waals surface area (Å²) in [5.74, 6) is -1.43. The number of halogens is 6. The molecule has 14 heteroatoms. The molecule has 1 saturated heterocycles. The number of benzene rings is 1. The highest BCUT2D eigenvalue weighted by atomic mass is 32.2. The van der Waals surface area contributed by atoms with E-state index in [1.807, 2.05) is 0 Å². The van der Waals surface area contributed by atoms with Gasteiger partial charge < -0.3 is 20.1 Å². The number of carbonyl (C=O) groups is 1. The van der Waals surface area contributed by atoms with Crippen molar-refractivity contribution >= 4 is 29.5 Å². The molecule has 1 aromatic carbocycles. The number of hydrogen-bond donors (Lipinski definition) is 2. The highest BCUT2D eigenvalue weighted by Crippen LogP contribution is 2.41. The van der Waals surface area contributed by atoms with Crippen molar-refractivity contribution in [3.8, 4) is 5.75 Å². The van der Waals surface area contributed by atoms with Crippen molar-refractivity contribution in [3.05, 3.63) is 35.7 Å². The zero-order chi connectivity index (χ0) is 24.9. The van der Waals surface area contributed by atoms with Gasteiger partial charge in [0.05, 0.1) is 17.4 Å². The van der Waals surface area contributed by atoms with Gasteiger partial charge >= 0.3 is 18.4 Å². The summed E-state index contributed by atoms with van der Waals surface area (Å²) in [4.78, 5) is 18.8. The Bertz CT molecular complexity index is 1010. The maximum Gasteiger partial charge on any atom is 0.437 e. The number of thioether (sulfide) groups is 1. The smallest absolute Gasteiger partial charge is 0.406 e. The summed E-state index contributed by atoms with van der Waals surface area (Å²) in [6, 6.07) is 3.22. The molecular formula is C20H20F6N4O3S. The maximum absolute atomic E-state index is 13.6. The molecule has 186 valence electrons. The van der Waals surface area contributed by atoms with Gasteiger partial charge in [0.1, 0.15) is 0 Å². The van der Waals surface area contributed by atoms with Crippen LogP contribution in [-0.4, -0.2) is 42.1 Å². The Morgan fingerprint density at radius 2 is 1.88 bits per heavy atom. The lowest BCUT2D eigenvalue weighted by atomic mass is 10.0. The summed E-state index contributed by atoms with van der Waals surface area (Å²) in [6.07, 6.45) is -7.36. The predicted octanol–water partition coefficient (Wildman–Crippen LogP) is 5.49. The third-order valence-electron chi connectivity index (χ3n) is 4.87. The number of carbonyl (C=O) groups excluding carboxylic acids is 1. The molecule has 0 saturated carbocycles. The van der Waals surface area contributed by atoms with Gasteiger partial charge in [-0.25, -0.2) is 14.8 Å². The van der Waals surface area contributed by atoms with Crippen LogP contribution in [0.2, 0.25) is 0 Å². The first-order valence-electron chi connectivity index (χ1n) is 9.98. The first-order valence-corrected chi connectivity index (χ1v) is 11.2. The minimum absolute atomic E-state index is 0.115. The van der Waals surface area contributed by atoms with E-state index in [9.17, 15) is 31.1 Å². The minimum Gasteiger partial charge on any atom is -0.406 e. The summed E-state index contributed by atoms with van der Waals surface area (Å²) in [5, 5.41) is 4.79. The fraction of sp³-hybridized carbons (Fsp3) is 0.450. The van der Waals surface area contributed by atoms with Gasteiger partial charge in [-0.15, -0.1) is 11.8 Å². The van der Waals surface area contributed by atoms with E-state index in [1.165, 1.54) is 12.3 Å². The molecule has 0 atom stereocenters. The van der Waals surface area contributed by atoms with Crippen molar-refractivity contribution in [3.63, 3.8) is 0 Å². The maximum atomic E-state index is 13.6. The van der Waals surface area contributed by atoms with Crippen LogP contribution in [0.4, 0.5) is 42.8 Å². The fourth-order valence-corrected chi connectivity index (χ4v) is 3.96. The van der Waals surface area contributed by atoms with Crippen LogP contribution < -0.4 is 15.4 Å². The molecule has 0 aliphatic carbocycles. The van der Waals surface area contributed by atoms with Crippen molar-refractivity contribution < 1.29 is 40.6 Å². The van der Waals surface area contributed by atoms with Crippen LogP contribution in [0.5, 0.6) is 5.75 Å². The standard InChI is InChI=1S/C20H20F6N4O3S/c1-34-15-12(19(21,22)23)3-2-4-13(15)29-17-27-10-14(16(30-17)20(24,25)26)33-18(31)28-9-11-5-7-32-8-6-11/h2-4,10-11H,5-9H2,1H3,(H,28,31)(H,27,29,30). The Morgan fingerprint density at radius 1 is 1.18 bits per heavy atom. The number of nitrogens with one attached hydrogen (secondary N) is 2. The molecular weight excluding hydrogens is 490 g/mol. The molecule has 1 fully saturated rings. The summed E-state index contributed by atoms with van der Waals surface area (Å²) >= 11 is 0.761. The van der Waals surface area contributed by atoms with Crippen LogP contribution in [0.25, 0.3) is 0 Å². The van der Waals surface area contributed by atoms with Crippen LogP contribution in [0.3, 0.4) is 0 Å².